The first-order valence-corrected chi connectivity index (χ1v) is 9.01. The molecule has 0 unspecified atom stereocenters. The van der Waals surface area contributed by atoms with Gasteiger partial charge in [-0.3, -0.25) is 9.59 Å². The summed E-state index contributed by atoms with van der Waals surface area (Å²) in [7, 11) is 0. The second-order valence-electron chi connectivity index (χ2n) is 6.32. The van der Waals surface area contributed by atoms with Gasteiger partial charge in [-0.1, -0.05) is 12.1 Å². The van der Waals surface area contributed by atoms with Crippen LogP contribution in [0.15, 0.2) is 55.1 Å². The molecule has 160 valence electrons. The summed E-state index contributed by atoms with van der Waals surface area (Å²) in [6, 6.07) is 9.42. The Morgan fingerprint density at radius 2 is 1.77 bits per heavy atom. The number of anilines is 1. The summed E-state index contributed by atoms with van der Waals surface area (Å²) in [6.45, 7) is -0.533. The summed E-state index contributed by atoms with van der Waals surface area (Å²) in [5.74, 6) is -4.21. The van der Waals surface area contributed by atoms with Crippen molar-refractivity contribution in [1.82, 2.24) is 20.1 Å². The lowest BCUT2D eigenvalue weighted by Crippen LogP contribution is -2.35. The summed E-state index contributed by atoms with van der Waals surface area (Å²) < 4.78 is 32.5. The van der Waals surface area contributed by atoms with Crippen LogP contribution in [0.5, 0.6) is 0 Å². The van der Waals surface area contributed by atoms with Gasteiger partial charge in [0, 0.05) is 11.8 Å². The first-order chi connectivity index (χ1) is 14.9. The highest BCUT2D eigenvalue weighted by atomic mass is 19.2. The largest absolute Gasteiger partial charge is 0.452 e. The van der Waals surface area contributed by atoms with Gasteiger partial charge < -0.3 is 15.4 Å². The summed E-state index contributed by atoms with van der Waals surface area (Å²) in [4.78, 5) is 39.4. The van der Waals surface area contributed by atoms with Gasteiger partial charge in [0.05, 0.1) is 18.7 Å². The van der Waals surface area contributed by atoms with Crippen molar-refractivity contribution in [2.24, 2.45) is 0 Å². The van der Waals surface area contributed by atoms with Gasteiger partial charge in [0.1, 0.15) is 12.7 Å². The summed E-state index contributed by atoms with van der Waals surface area (Å²) in [5.41, 5.74) is 1.19. The number of carbonyl (C=O) groups is 3. The number of nitrogens with one attached hydrogen (secondary N) is 2. The Kier molecular flexibility index (Phi) is 6.99. The molecule has 1 heterocycles. The number of hydrogen-bond donors (Lipinski definition) is 2. The molecule has 0 fully saturated rings. The Morgan fingerprint density at radius 3 is 2.45 bits per heavy atom. The van der Waals surface area contributed by atoms with Crippen molar-refractivity contribution in [1.29, 1.82) is 0 Å². The first-order valence-electron chi connectivity index (χ1n) is 9.01. The zero-order chi connectivity index (χ0) is 22.2. The van der Waals surface area contributed by atoms with E-state index in [-0.39, 0.29) is 11.3 Å². The molecule has 0 aliphatic heterocycles. The summed E-state index contributed by atoms with van der Waals surface area (Å²) >= 11 is 0. The molecule has 3 aromatic rings. The lowest BCUT2D eigenvalue weighted by atomic mass is 10.1. The van der Waals surface area contributed by atoms with Crippen molar-refractivity contribution in [3.8, 4) is 0 Å². The van der Waals surface area contributed by atoms with Crippen molar-refractivity contribution >= 4 is 23.5 Å². The average Bonchev–Trinajstić information content (AvgIpc) is 3.27. The van der Waals surface area contributed by atoms with Crippen LogP contribution in [-0.4, -0.2) is 45.7 Å². The van der Waals surface area contributed by atoms with Gasteiger partial charge in [0.15, 0.2) is 18.2 Å². The lowest BCUT2D eigenvalue weighted by Gasteiger charge is -2.08. The predicted molar refractivity (Wildman–Crippen MR) is 104 cm³/mol. The normalized spacial score (nSPS) is 10.4. The summed E-state index contributed by atoms with van der Waals surface area (Å²) in [6.07, 6.45) is 2.99. The molecule has 1 aromatic heterocycles. The van der Waals surface area contributed by atoms with Crippen LogP contribution >= 0.6 is 0 Å². The summed E-state index contributed by atoms with van der Waals surface area (Å²) in [5, 5.41) is 8.54. The Balaban J connectivity index is 1.40. The third kappa shape index (κ3) is 6.42. The van der Waals surface area contributed by atoms with E-state index in [1.54, 1.807) is 35.3 Å². The van der Waals surface area contributed by atoms with Crippen LogP contribution in [0.3, 0.4) is 0 Å². The minimum Gasteiger partial charge on any atom is -0.452 e. The molecule has 31 heavy (non-hydrogen) atoms. The van der Waals surface area contributed by atoms with Crippen LogP contribution < -0.4 is 10.6 Å². The zero-order valence-electron chi connectivity index (χ0n) is 16.0. The molecule has 3 rings (SSSR count). The highest BCUT2D eigenvalue weighted by molar-refractivity contribution is 5.95. The van der Waals surface area contributed by atoms with Gasteiger partial charge in [-0.25, -0.2) is 23.2 Å². The average molecular weight is 429 g/mol. The van der Waals surface area contributed by atoms with Crippen LogP contribution in [0, 0.1) is 11.6 Å². The minimum atomic E-state index is -1.11. The minimum absolute atomic E-state index is 0.0387. The van der Waals surface area contributed by atoms with Crippen molar-refractivity contribution in [2.45, 2.75) is 6.54 Å². The fourth-order valence-corrected chi connectivity index (χ4v) is 2.47. The van der Waals surface area contributed by atoms with Crippen LogP contribution in [0.25, 0.3) is 0 Å². The number of amides is 2. The molecule has 0 saturated heterocycles. The molecule has 2 N–H and O–H groups in total. The maximum atomic E-state index is 13.1. The van der Waals surface area contributed by atoms with E-state index in [4.69, 9.17) is 4.74 Å². The first kappa shape index (κ1) is 21.6. The van der Waals surface area contributed by atoms with Crippen molar-refractivity contribution < 1.29 is 27.9 Å². The molecule has 2 amide bonds. The Bertz CT molecular complexity index is 1070. The fraction of sp³-hybridized carbons (Fsp3) is 0.150. The van der Waals surface area contributed by atoms with E-state index in [0.29, 0.717) is 6.54 Å². The maximum Gasteiger partial charge on any atom is 0.338 e. The number of rotatable bonds is 8. The maximum absolute atomic E-state index is 13.1. The number of ether oxygens (including phenoxy) is 1. The second-order valence-corrected chi connectivity index (χ2v) is 6.32. The number of esters is 1. The number of halogens is 2. The van der Waals surface area contributed by atoms with Crippen LogP contribution in [-0.2, 0) is 20.9 Å². The van der Waals surface area contributed by atoms with Gasteiger partial charge in [-0.05, 0) is 29.8 Å². The van der Waals surface area contributed by atoms with Gasteiger partial charge in [0.25, 0.3) is 5.91 Å². The van der Waals surface area contributed by atoms with Gasteiger partial charge >= 0.3 is 5.97 Å². The monoisotopic (exact) mass is 429 g/mol. The van der Waals surface area contributed by atoms with E-state index in [2.05, 4.69) is 20.7 Å². The molecule has 0 aliphatic rings. The molecule has 0 atom stereocenters. The lowest BCUT2D eigenvalue weighted by molar-refractivity contribution is -0.126. The highest BCUT2D eigenvalue weighted by Gasteiger charge is 2.12. The van der Waals surface area contributed by atoms with Crippen molar-refractivity contribution in [2.75, 3.05) is 18.5 Å². The standard InChI is InChI=1S/C20H17F2N5O4/c21-16-6-5-15(7-17(16)22)26-18(28)8-24-19(29)10-31-20(30)14-3-1-13(2-4-14)9-27-12-23-11-25-27/h1-7,11-12H,8-10H2,(H,24,29)(H,26,28). The third-order valence-corrected chi connectivity index (χ3v) is 3.98. The van der Waals surface area contributed by atoms with E-state index in [0.717, 1.165) is 17.7 Å². The Labute approximate surface area is 175 Å². The van der Waals surface area contributed by atoms with E-state index < -0.39 is 42.6 Å². The smallest absolute Gasteiger partial charge is 0.338 e. The number of aromatic nitrogens is 3. The van der Waals surface area contributed by atoms with E-state index in [1.807, 2.05) is 0 Å². The predicted octanol–water partition coefficient (Wildman–Crippen LogP) is 1.52. The molecule has 2 aromatic carbocycles. The number of carbonyl (C=O) groups excluding carboxylic acids is 3. The van der Waals surface area contributed by atoms with Gasteiger partial charge in [-0.15, -0.1) is 0 Å². The van der Waals surface area contributed by atoms with E-state index in [1.165, 1.54) is 12.4 Å². The molecule has 0 saturated carbocycles. The van der Waals surface area contributed by atoms with Crippen molar-refractivity contribution in [3.05, 3.63) is 77.9 Å². The molecule has 0 radical (unpaired) electrons. The van der Waals surface area contributed by atoms with Gasteiger partial charge in [0.2, 0.25) is 5.91 Å². The second kappa shape index (κ2) is 10.1. The highest BCUT2D eigenvalue weighted by Crippen LogP contribution is 2.12. The van der Waals surface area contributed by atoms with Gasteiger partial charge in [-0.2, -0.15) is 5.10 Å². The topological polar surface area (TPSA) is 115 Å². The number of hydrogen-bond acceptors (Lipinski definition) is 6. The number of nitrogens with zero attached hydrogens (tertiary/aromatic N) is 3. The quantitative estimate of drug-likeness (QED) is 0.525. The van der Waals surface area contributed by atoms with Crippen LogP contribution in [0.4, 0.5) is 14.5 Å². The SMILES string of the molecule is O=C(COC(=O)c1ccc(Cn2cncn2)cc1)NCC(=O)Nc1ccc(F)c(F)c1. The van der Waals surface area contributed by atoms with E-state index >= 15 is 0 Å². The van der Waals surface area contributed by atoms with Crippen LogP contribution in [0.1, 0.15) is 15.9 Å². The molecular weight excluding hydrogens is 412 g/mol. The van der Waals surface area contributed by atoms with Crippen LogP contribution in [0.2, 0.25) is 0 Å². The van der Waals surface area contributed by atoms with E-state index in [9.17, 15) is 23.2 Å². The Hall–Kier alpha value is -4.15. The fourth-order valence-electron chi connectivity index (χ4n) is 2.47. The molecule has 11 heteroatoms. The Morgan fingerprint density at radius 1 is 1.00 bits per heavy atom. The molecule has 9 nitrogen and oxygen atoms in total. The zero-order valence-corrected chi connectivity index (χ0v) is 16.0. The molecule has 0 bridgehead atoms. The third-order valence-electron chi connectivity index (χ3n) is 3.98. The molecule has 0 spiro atoms. The molecular formula is C20H17F2N5O4. The van der Waals surface area contributed by atoms with Crippen molar-refractivity contribution in [3.63, 3.8) is 0 Å². The number of benzene rings is 2. The molecule has 0 aliphatic carbocycles.